The molecule has 2 spiro atoms. The first-order chi connectivity index (χ1) is 6.68. The molecule has 2 nitrogen and oxygen atoms in total. The average Bonchev–Trinajstić information content (AvgIpc) is 2.98. The van der Waals surface area contributed by atoms with Crippen molar-refractivity contribution in [1.29, 1.82) is 0 Å². The maximum atomic E-state index is 11.5. The number of rotatable bonds is 3. The van der Waals surface area contributed by atoms with Crippen molar-refractivity contribution >= 4 is 5.97 Å². The average molecular weight is 192 g/mol. The zero-order chi connectivity index (χ0) is 9.97. The van der Waals surface area contributed by atoms with E-state index in [0.29, 0.717) is 23.4 Å². The number of fused-ring (bicyclic) bond motifs is 1. The Bertz CT molecular complexity index is 303. The van der Waals surface area contributed by atoms with Crippen LogP contribution in [0, 0.1) is 16.7 Å². The summed E-state index contributed by atoms with van der Waals surface area (Å²) in [7, 11) is 0. The smallest absolute Gasteiger partial charge is 0.333 e. The van der Waals surface area contributed by atoms with Gasteiger partial charge in [0.15, 0.2) is 0 Å². The molecular formula is C12H16O2. The molecule has 0 aromatic rings. The molecule has 3 aliphatic rings. The van der Waals surface area contributed by atoms with Gasteiger partial charge in [-0.25, -0.2) is 4.79 Å². The number of ether oxygens (including phenoxy) is 1. The highest BCUT2D eigenvalue weighted by molar-refractivity contribution is 5.90. The highest BCUT2D eigenvalue weighted by atomic mass is 16.5. The molecule has 0 atom stereocenters. The molecule has 0 amide bonds. The minimum Gasteiger partial charge on any atom is -0.463 e. The number of hydrogen-bond acceptors (Lipinski definition) is 2. The Morgan fingerprint density at radius 2 is 1.86 bits per heavy atom. The van der Waals surface area contributed by atoms with Crippen LogP contribution in [0.5, 0.6) is 0 Å². The highest BCUT2D eigenvalue weighted by Gasteiger charge is 2.87. The third-order valence-electron chi connectivity index (χ3n) is 4.48. The second-order valence-electron chi connectivity index (χ2n) is 4.99. The van der Waals surface area contributed by atoms with Crippen LogP contribution in [0.1, 0.15) is 32.6 Å². The molecular weight excluding hydrogens is 176 g/mol. The summed E-state index contributed by atoms with van der Waals surface area (Å²) in [6.45, 7) is 6.24. The highest BCUT2D eigenvalue weighted by Crippen LogP contribution is 2.93. The van der Waals surface area contributed by atoms with Crippen LogP contribution in [-0.2, 0) is 9.53 Å². The van der Waals surface area contributed by atoms with E-state index in [1.807, 2.05) is 6.92 Å². The number of carbonyl (C=O) groups excluding carboxylic acids is 1. The maximum absolute atomic E-state index is 11.5. The molecule has 3 fully saturated rings. The number of hydrogen-bond donors (Lipinski definition) is 0. The van der Waals surface area contributed by atoms with E-state index in [4.69, 9.17) is 4.74 Å². The molecule has 3 rings (SSSR count). The third kappa shape index (κ3) is 0.760. The fourth-order valence-corrected chi connectivity index (χ4v) is 3.59. The molecule has 0 radical (unpaired) electrons. The van der Waals surface area contributed by atoms with Crippen LogP contribution in [-0.4, -0.2) is 12.6 Å². The van der Waals surface area contributed by atoms with Gasteiger partial charge in [-0.15, -0.1) is 0 Å². The van der Waals surface area contributed by atoms with Crippen LogP contribution in [0.3, 0.4) is 0 Å². The fourth-order valence-electron chi connectivity index (χ4n) is 3.59. The lowest BCUT2D eigenvalue weighted by Gasteiger charge is -2.03. The van der Waals surface area contributed by atoms with Crippen LogP contribution in [0.15, 0.2) is 12.2 Å². The molecule has 3 saturated carbocycles. The van der Waals surface area contributed by atoms with Gasteiger partial charge in [-0.3, -0.25) is 0 Å². The summed E-state index contributed by atoms with van der Waals surface area (Å²) in [5, 5.41) is 0. The van der Waals surface area contributed by atoms with E-state index in [1.54, 1.807) is 0 Å². The van der Waals surface area contributed by atoms with Gasteiger partial charge in [0.2, 0.25) is 0 Å². The van der Waals surface area contributed by atoms with Crippen LogP contribution in [0.25, 0.3) is 0 Å². The Labute approximate surface area is 84.3 Å². The van der Waals surface area contributed by atoms with E-state index in [-0.39, 0.29) is 5.97 Å². The topological polar surface area (TPSA) is 26.3 Å². The first-order valence-corrected chi connectivity index (χ1v) is 5.54. The van der Waals surface area contributed by atoms with Crippen molar-refractivity contribution in [2.24, 2.45) is 16.7 Å². The van der Waals surface area contributed by atoms with Gasteiger partial charge in [0.05, 0.1) is 6.61 Å². The van der Waals surface area contributed by atoms with E-state index < -0.39 is 0 Å². The SMILES string of the molecule is C=C(C(=O)OCC)C1C2(CC2)C12CC2. The minimum atomic E-state index is -0.160. The Kier molecular flexibility index (Phi) is 1.36. The zero-order valence-corrected chi connectivity index (χ0v) is 8.64. The molecule has 2 heteroatoms. The zero-order valence-electron chi connectivity index (χ0n) is 8.64. The van der Waals surface area contributed by atoms with Gasteiger partial charge in [0.1, 0.15) is 0 Å². The van der Waals surface area contributed by atoms with Crippen molar-refractivity contribution in [2.75, 3.05) is 6.61 Å². The maximum Gasteiger partial charge on any atom is 0.333 e. The predicted octanol–water partition coefficient (Wildman–Crippen LogP) is 2.30. The molecule has 0 aromatic heterocycles. The fraction of sp³-hybridized carbons (Fsp3) is 0.750. The lowest BCUT2D eigenvalue weighted by molar-refractivity contribution is -0.138. The monoisotopic (exact) mass is 192 g/mol. The van der Waals surface area contributed by atoms with Crippen molar-refractivity contribution in [3.8, 4) is 0 Å². The van der Waals surface area contributed by atoms with Gasteiger partial charge in [-0.2, -0.15) is 0 Å². The van der Waals surface area contributed by atoms with Crippen molar-refractivity contribution in [2.45, 2.75) is 32.6 Å². The summed E-state index contributed by atoms with van der Waals surface area (Å²) in [6, 6.07) is 0. The summed E-state index contributed by atoms with van der Waals surface area (Å²) in [4.78, 5) is 11.5. The van der Waals surface area contributed by atoms with E-state index in [2.05, 4.69) is 6.58 Å². The Morgan fingerprint density at radius 1 is 1.36 bits per heavy atom. The van der Waals surface area contributed by atoms with Crippen LogP contribution >= 0.6 is 0 Å². The lowest BCUT2D eigenvalue weighted by Crippen LogP contribution is -2.09. The van der Waals surface area contributed by atoms with Gasteiger partial charge >= 0.3 is 5.97 Å². The van der Waals surface area contributed by atoms with Crippen molar-refractivity contribution in [3.63, 3.8) is 0 Å². The standard InChI is InChI=1S/C12H16O2/c1-3-14-10(13)8(2)9-11(4-5-11)12(9)6-7-12/h9H,2-7H2,1H3. The predicted molar refractivity (Wildman–Crippen MR) is 52.6 cm³/mol. The minimum absolute atomic E-state index is 0.160. The first-order valence-electron chi connectivity index (χ1n) is 5.54. The summed E-state index contributed by atoms with van der Waals surface area (Å²) in [5.41, 5.74) is 1.80. The molecule has 14 heavy (non-hydrogen) atoms. The Balaban J connectivity index is 1.73. The van der Waals surface area contributed by atoms with E-state index in [9.17, 15) is 4.79 Å². The van der Waals surface area contributed by atoms with Crippen LogP contribution in [0.4, 0.5) is 0 Å². The third-order valence-corrected chi connectivity index (χ3v) is 4.48. The Hall–Kier alpha value is -0.790. The molecule has 0 saturated heterocycles. The van der Waals surface area contributed by atoms with E-state index in [0.717, 1.165) is 5.57 Å². The van der Waals surface area contributed by atoms with Gasteiger partial charge in [-0.1, -0.05) is 6.58 Å². The normalized spacial score (nSPS) is 32.8. The van der Waals surface area contributed by atoms with Gasteiger partial charge in [-0.05, 0) is 43.4 Å². The number of carbonyl (C=O) groups is 1. The van der Waals surface area contributed by atoms with Gasteiger partial charge in [0, 0.05) is 11.5 Å². The van der Waals surface area contributed by atoms with Gasteiger partial charge in [0.25, 0.3) is 0 Å². The summed E-state index contributed by atoms with van der Waals surface area (Å²) in [6.07, 6.45) is 5.26. The summed E-state index contributed by atoms with van der Waals surface area (Å²) in [5.74, 6) is 0.321. The molecule has 0 unspecified atom stereocenters. The quantitative estimate of drug-likeness (QED) is 0.506. The second kappa shape index (κ2) is 2.23. The largest absolute Gasteiger partial charge is 0.463 e. The van der Waals surface area contributed by atoms with Crippen LogP contribution < -0.4 is 0 Å². The molecule has 0 bridgehead atoms. The second-order valence-corrected chi connectivity index (χ2v) is 4.99. The molecule has 0 aliphatic heterocycles. The summed E-state index contributed by atoms with van der Waals surface area (Å²) < 4.78 is 5.01. The van der Waals surface area contributed by atoms with Crippen LogP contribution in [0.2, 0.25) is 0 Å². The van der Waals surface area contributed by atoms with Crippen molar-refractivity contribution in [3.05, 3.63) is 12.2 Å². The molecule has 0 N–H and O–H groups in total. The molecule has 3 aliphatic carbocycles. The molecule has 76 valence electrons. The van der Waals surface area contributed by atoms with E-state index in [1.165, 1.54) is 25.7 Å². The number of esters is 1. The van der Waals surface area contributed by atoms with Crippen molar-refractivity contribution in [1.82, 2.24) is 0 Å². The molecule has 0 aromatic carbocycles. The van der Waals surface area contributed by atoms with Gasteiger partial charge < -0.3 is 4.74 Å². The van der Waals surface area contributed by atoms with Crippen molar-refractivity contribution < 1.29 is 9.53 Å². The van der Waals surface area contributed by atoms with E-state index >= 15 is 0 Å². The first kappa shape index (κ1) is 8.51. The Morgan fingerprint density at radius 3 is 2.21 bits per heavy atom. The molecule has 0 heterocycles. The summed E-state index contributed by atoms with van der Waals surface area (Å²) >= 11 is 0. The lowest BCUT2D eigenvalue weighted by atomic mass is 10.1.